The number of hydrogen-bond acceptors (Lipinski definition) is 4. The lowest BCUT2D eigenvalue weighted by Gasteiger charge is -2.16. The molecular formula is C21H23BrFNO3S. The van der Waals surface area contributed by atoms with Gasteiger partial charge in [0.15, 0.2) is 0 Å². The van der Waals surface area contributed by atoms with E-state index in [9.17, 15) is 14.0 Å². The van der Waals surface area contributed by atoms with E-state index in [0.29, 0.717) is 28.0 Å². The summed E-state index contributed by atoms with van der Waals surface area (Å²) in [6.45, 7) is 4.32. The van der Waals surface area contributed by atoms with Crippen LogP contribution >= 0.6 is 27.7 Å². The Kier molecular flexibility index (Phi) is 8.99. The molecule has 0 aliphatic heterocycles. The summed E-state index contributed by atoms with van der Waals surface area (Å²) in [5.74, 6) is -1.24. The van der Waals surface area contributed by atoms with E-state index in [1.165, 1.54) is 23.9 Å². The van der Waals surface area contributed by atoms with Crippen molar-refractivity contribution in [2.75, 3.05) is 11.9 Å². The van der Waals surface area contributed by atoms with Crippen LogP contribution in [0.2, 0.25) is 0 Å². The summed E-state index contributed by atoms with van der Waals surface area (Å²) in [6.07, 6.45) is 2.35. The number of benzene rings is 2. The highest BCUT2D eigenvalue weighted by Gasteiger charge is 2.22. The Bertz CT molecular complexity index is 817. The molecule has 2 aromatic rings. The number of carbonyl (C=O) groups excluding carboxylic acids is 2. The first-order chi connectivity index (χ1) is 13.5. The second-order valence-electron chi connectivity index (χ2n) is 6.12. The summed E-state index contributed by atoms with van der Waals surface area (Å²) in [4.78, 5) is 25.3. The molecule has 0 aromatic heterocycles. The SMILES string of the molecule is CCCCOC(=O)C(CC)Sc1cc(NC(=O)c2ccccc2)c(F)cc1Br. The van der Waals surface area contributed by atoms with E-state index in [1.807, 2.05) is 13.8 Å². The molecule has 1 unspecified atom stereocenters. The lowest BCUT2D eigenvalue weighted by atomic mass is 10.2. The van der Waals surface area contributed by atoms with Crippen molar-refractivity contribution in [2.24, 2.45) is 0 Å². The maximum Gasteiger partial charge on any atom is 0.319 e. The van der Waals surface area contributed by atoms with Gasteiger partial charge in [0.1, 0.15) is 11.1 Å². The van der Waals surface area contributed by atoms with Crippen LogP contribution < -0.4 is 5.32 Å². The zero-order valence-electron chi connectivity index (χ0n) is 15.8. The number of halogens is 2. The highest BCUT2D eigenvalue weighted by atomic mass is 79.9. The molecule has 0 heterocycles. The third kappa shape index (κ3) is 6.34. The number of rotatable bonds is 9. The summed E-state index contributed by atoms with van der Waals surface area (Å²) >= 11 is 4.63. The van der Waals surface area contributed by atoms with Crippen molar-refractivity contribution in [2.45, 2.75) is 43.3 Å². The smallest absolute Gasteiger partial charge is 0.319 e. The average Bonchev–Trinajstić information content (AvgIpc) is 2.69. The van der Waals surface area contributed by atoms with Crippen LogP contribution in [0.5, 0.6) is 0 Å². The number of thioether (sulfide) groups is 1. The predicted molar refractivity (Wildman–Crippen MR) is 114 cm³/mol. The van der Waals surface area contributed by atoms with Crippen LogP contribution in [0.4, 0.5) is 10.1 Å². The van der Waals surface area contributed by atoms with Gasteiger partial charge in [0.25, 0.3) is 5.91 Å². The first-order valence-electron chi connectivity index (χ1n) is 9.15. The van der Waals surface area contributed by atoms with E-state index in [4.69, 9.17) is 4.74 Å². The third-order valence-electron chi connectivity index (χ3n) is 3.95. The molecule has 2 aromatic carbocycles. The van der Waals surface area contributed by atoms with Crippen molar-refractivity contribution >= 4 is 45.3 Å². The number of ether oxygens (including phenoxy) is 1. The standard InChI is InChI=1S/C21H23BrFNO3S/c1-3-5-11-27-21(26)18(4-2)28-19-13-17(16(23)12-15(19)22)24-20(25)14-9-7-6-8-10-14/h6-10,12-13,18H,3-5,11H2,1-2H3,(H,24,25). The fraction of sp³-hybridized carbons (Fsp3) is 0.333. The van der Waals surface area contributed by atoms with Gasteiger partial charge in [-0.15, -0.1) is 11.8 Å². The molecule has 1 amide bonds. The van der Waals surface area contributed by atoms with Gasteiger partial charge >= 0.3 is 5.97 Å². The number of esters is 1. The van der Waals surface area contributed by atoms with E-state index in [2.05, 4.69) is 21.2 Å². The Morgan fingerprint density at radius 2 is 1.93 bits per heavy atom. The van der Waals surface area contributed by atoms with Gasteiger partial charge in [-0.25, -0.2) is 4.39 Å². The highest BCUT2D eigenvalue weighted by molar-refractivity contribution is 9.10. The fourth-order valence-corrected chi connectivity index (χ4v) is 3.95. The molecule has 0 saturated heterocycles. The van der Waals surface area contributed by atoms with Gasteiger partial charge in [0.2, 0.25) is 0 Å². The molecule has 0 radical (unpaired) electrons. The van der Waals surface area contributed by atoms with Gasteiger partial charge < -0.3 is 10.1 Å². The van der Waals surface area contributed by atoms with E-state index in [1.54, 1.807) is 30.3 Å². The summed E-state index contributed by atoms with van der Waals surface area (Å²) in [6, 6.07) is 11.4. The van der Waals surface area contributed by atoms with Crippen LogP contribution in [0.3, 0.4) is 0 Å². The summed E-state index contributed by atoms with van der Waals surface area (Å²) in [5.41, 5.74) is 0.499. The van der Waals surface area contributed by atoms with Crippen LogP contribution in [-0.2, 0) is 9.53 Å². The molecule has 2 rings (SSSR count). The Labute approximate surface area is 177 Å². The number of carbonyl (C=O) groups is 2. The maximum absolute atomic E-state index is 14.3. The second-order valence-corrected chi connectivity index (χ2v) is 8.22. The van der Waals surface area contributed by atoms with Crippen molar-refractivity contribution in [1.82, 2.24) is 0 Å². The van der Waals surface area contributed by atoms with Crippen molar-refractivity contribution < 1.29 is 18.7 Å². The quantitative estimate of drug-likeness (QED) is 0.276. The van der Waals surface area contributed by atoms with Crippen molar-refractivity contribution in [3.8, 4) is 0 Å². The molecule has 28 heavy (non-hydrogen) atoms. The Morgan fingerprint density at radius 1 is 1.21 bits per heavy atom. The van der Waals surface area contributed by atoms with Crippen LogP contribution in [0.25, 0.3) is 0 Å². The van der Waals surface area contributed by atoms with E-state index >= 15 is 0 Å². The molecule has 0 aliphatic rings. The van der Waals surface area contributed by atoms with Gasteiger partial charge in [-0.1, -0.05) is 38.5 Å². The van der Waals surface area contributed by atoms with E-state index in [-0.39, 0.29) is 11.7 Å². The molecule has 4 nitrogen and oxygen atoms in total. The first kappa shape index (κ1) is 22.4. The number of anilines is 1. The molecule has 0 fully saturated rings. The molecule has 0 bridgehead atoms. The predicted octanol–water partition coefficient (Wildman–Crippen LogP) is 6.05. The topological polar surface area (TPSA) is 55.4 Å². The molecule has 0 saturated carbocycles. The van der Waals surface area contributed by atoms with E-state index < -0.39 is 17.0 Å². The largest absolute Gasteiger partial charge is 0.465 e. The van der Waals surface area contributed by atoms with Crippen LogP contribution in [0.1, 0.15) is 43.5 Å². The minimum Gasteiger partial charge on any atom is -0.465 e. The minimum absolute atomic E-state index is 0.0637. The lowest BCUT2D eigenvalue weighted by Crippen LogP contribution is -2.20. The van der Waals surface area contributed by atoms with Crippen LogP contribution in [0, 0.1) is 5.82 Å². The number of amides is 1. The van der Waals surface area contributed by atoms with Gasteiger partial charge in [0, 0.05) is 14.9 Å². The molecular weight excluding hydrogens is 445 g/mol. The van der Waals surface area contributed by atoms with Gasteiger partial charge in [-0.05, 0) is 53.0 Å². The number of unbranched alkanes of at least 4 members (excludes halogenated alkanes) is 1. The zero-order chi connectivity index (χ0) is 20.5. The van der Waals surface area contributed by atoms with Crippen molar-refractivity contribution in [1.29, 1.82) is 0 Å². The highest BCUT2D eigenvalue weighted by Crippen LogP contribution is 2.36. The maximum atomic E-state index is 14.3. The van der Waals surface area contributed by atoms with Crippen molar-refractivity contribution in [3.63, 3.8) is 0 Å². The summed E-state index contributed by atoms with van der Waals surface area (Å²) in [5, 5.41) is 2.19. The van der Waals surface area contributed by atoms with Crippen LogP contribution in [0.15, 0.2) is 51.8 Å². The molecule has 0 spiro atoms. The first-order valence-corrected chi connectivity index (χ1v) is 10.8. The second kappa shape index (κ2) is 11.2. The van der Waals surface area contributed by atoms with Gasteiger partial charge in [-0.2, -0.15) is 0 Å². The fourth-order valence-electron chi connectivity index (χ4n) is 2.36. The van der Waals surface area contributed by atoms with Gasteiger partial charge in [-0.3, -0.25) is 9.59 Å². The van der Waals surface area contributed by atoms with E-state index in [0.717, 1.165) is 12.8 Å². The monoisotopic (exact) mass is 467 g/mol. The Morgan fingerprint density at radius 3 is 2.57 bits per heavy atom. The molecule has 150 valence electrons. The molecule has 1 N–H and O–H groups in total. The normalized spacial score (nSPS) is 11.7. The Hall–Kier alpha value is -1.86. The van der Waals surface area contributed by atoms with Crippen molar-refractivity contribution in [3.05, 3.63) is 58.3 Å². The zero-order valence-corrected chi connectivity index (χ0v) is 18.2. The Balaban J connectivity index is 2.15. The number of nitrogens with one attached hydrogen (secondary N) is 1. The summed E-state index contributed by atoms with van der Waals surface area (Å²) in [7, 11) is 0. The molecule has 0 aliphatic carbocycles. The number of hydrogen-bond donors (Lipinski definition) is 1. The molecule has 1 atom stereocenters. The molecule has 7 heteroatoms. The summed E-state index contributed by atoms with van der Waals surface area (Å²) < 4.78 is 20.2. The third-order valence-corrected chi connectivity index (χ3v) is 6.27. The minimum atomic E-state index is -0.556. The lowest BCUT2D eigenvalue weighted by molar-refractivity contribution is -0.143. The van der Waals surface area contributed by atoms with Crippen LogP contribution in [-0.4, -0.2) is 23.7 Å². The van der Waals surface area contributed by atoms with Gasteiger partial charge in [0.05, 0.1) is 12.3 Å². The average molecular weight is 468 g/mol.